The quantitative estimate of drug-likeness (QED) is 0.206. The Labute approximate surface area is 258 Å². The van der Waals surface area contributed by atoms with Gasteiger partial charge in [0.05, 0.1) is 47.4 Å². The Morgan fingerprint density at radius 1 is 0.930 bits per heavy atom. The maximum atomic E-state index is 13.5. The summed E-state index contributed by atoms with van der Waals surface area (Å²) < 4.78 is 81.7. The van der Waals surface area contributed by atoms with Crippen LogP contribution >= 0.6 is 23.2 Å². The summed E-state index contributed by atoms with van der Waals surface area (Å²) in [4.78, 5) is 14.5. The van der Waals surface area contributed by atoms with Crippen molar-refractivity contribution in [3.8, 4) is 0 Å². The Balaban J connectivity index is 1.36. The van der Waals surface area contributed by atoms with Crippen LogP contribution in [0.4, 0.5) is 26.3 Å². The van der Waals surface area contributed by atoms with Crippen LogP contribution in [-0.2, 0) is 12.4 Å². The molecular formula is C32H37Cl2F6N2O+. The summed E-state index contributed by atoms with van der Waals surface area (Å²) in [5.74, 6) is -0.367. The monoisotopic (exact) mass is 649 g/mol. The van der Waals surface area contributed by atoms with Crippen LogP contribution in [0.5, 0.6) is 0 Å². The maximum Gasteiger partial charge on any atom is 0.416 e. The van der Waals surface area contributed by atoms with Gasteiger partial charge in [0.1, 0.15) is 0 Å². The molecule has 1 atom stereocenters. The van der Waals surface area contributed by atoms with E-state index in [9.17, 15) is 31.1 Å². The van der Waals surface area contributed by atoms with Crippen LogP contribution in [0.2, 0.25) is 10.0 Å². The first kappa shape index (κ1) is 32.4. The summed E-state index contributed by atoms with van der Waals surface area (Å²) in [5, 5.41) is 0.715. The minimum atomic E-state index is -5.04. The van der Waals surface area contributed by atoms with E-state index < -0.39 is 35.0 Å². The molecule has 0 radical (unpaired) electrons. The van der Waals surface area contributed by atoms with E-state index in [4.69, 9.17) is 23.2 Å². The lowest BCUT2D eigenvalue weighted by Gasteiger charge is -2.35. The van der Waals surface area contributed by atoms with Gasteiger partial charge in [-0.1, -0.05) is 48.5 Å². The molecule has 2 aromatic carbocycles. The second-order valence-corrected chi connectivity index (χ2v) is 13.8. The molecule has 1 amide bonds. The highest BCUT2D eigenvalue weighted by Crippen LogP contribution is 2.54. The summed E-state index contributed by atoms with van der Waals surface area (Å²) in [6.07, 6.45) is -0.377. The molecule has 5 rings (SSSR count). The van der Waals surface area contributed by atoms with Crippen molar-refractivity contribution in [1.82, 2.24) is 4.90 Å². The third-order valence-corrected chi connectivity index (χ3v) is 11.1. The van der Waals surface area contributed by atoms with Gasteiger partial charge in [-0.2, -0.15) is 26.3 Å². The first-order valence-corrected chi connectivity index (χ1v) is 15.7. The molecule has 2 heterocycles. The van der Waals surface area contributed by atoms with Crippen molar-refractivity contribution in [2.24, 2.45) is 11.3 Å². The number of carbonyl (C=O) groups is 1. The van der Waals surface area contributed by atoms with E-state index in [0.29, 0.717) is 34.0 Å². The lowest BCUT2D eigenvalue weighted by Crippen LogP contribution is -2.45. The summed E-state index contributed by atoms with van der Waals surface area (Å²) in [5.41, 5.74) is -2.45. The highest BCUT2D eigenvalue weighted by atomic mass is 35.5. The lowest BCUT2D eigenvalue weighted by atomic mass is 9.67. The first-order valence-electron chi connectivity index (χ1n) is 15.0. The van der Waals surface area contributed by atoms with Gasteiger partial charge in [0.2, 0.25) is 0 Å². The van der Waals surface area contributed by atoms with Crippen molar-refractivity contribution >= 4 is 29.1 Å². The molecule has 1 aliphatic carbocycles. The van der Waals surface area contributed by atoms with E-state index in [2.05, 4.69) is 0 Å². The molecule has 0 N–H and O–H groups in total. The molecule has 0 spiro atoms. The number of benzene rings is 2. The maximum absolute atomic E-state index is 13.5. The fourth-order valence-corrected chi connectivity index (χ4v) is 8.27. The molecule has 2 saturated heterocycles. The molecule has 2 aromatic rings. The third-order valence-electron chi connectivity index (χ3n) is 10.3. The van der Waals surface area contributed by atoms with Gasteiger partial charge >= 0.3 is 12.4 Å². The summed E-state index contributed by atoms with van der Waals surface area (Å²) in [6.45, 7) is 4.37. The molecule has 3 aliphatic rings. The zero-order valence-corrected chi connectivity index (χ0v) is 25.6. The molecule has 2 bridgehead atoms. The number of quaternary nitrogens is 1. The van der Waals surface area contributed by atoms with Gasteiger partial charge in [0, 0.05) is 49.8 Å². The number of likely N-dealkylation sites (N-methyl/N-ethyl adjacent to an activating group) is 1. The van der Waals surface area contributed by atoms with Crippen molar-refractivity contribution in [3.63, 3.8) is 0 Å². The predicted molar refractivity (Wildman–Crippen MR) is 155 cm³/mol. The Hall–Kier alpha value is -1.97. The van der Waals surface area contributed by atoms with Crippen molar-refractivity contribution in [2.45, 2.75) is 69.6 Å². The van der Waals surface area contributed by atoms with Gasteiger partial charge in [-0.05, 0) is 54.7 Å². The van der Waals surface area contributed by atoms with E-state index in [1.54, 1.807) is 12.1 Å². The largest absolute Gasteiger partial charge is 0.416 e. The zero-order chi connectivity index (χ0) is 31.2. The number of alkyl halides is 6. The van der Waals surface area contributed by atoms with Crippen molar-refractivity contribution in [2.75, 3.05) is 39.8 Å². The minimum Gasteiger partial charge on any atom is -0.341 e. The van der Waals surface area contributed by atoms with E-state index >= 15 is 0 Å². The number of hydrogen-bond donors (Lipinski definition) is 0. The second kappa shape index (κ2) is 12.1. The smallest absolute Gasteiger partial charge is 0.341 e. The molecule has 0 unspecified atom stereocenters. The van der Waals surface area contributed by atoms with Gasteiger partial charge in [-0.25, -0.2) is 0 Å². The SMILES string of the molecule is CN(C[C@@H](CC[N+]12CCC(C3CCCCC3)(CC1)C2)c1ccc(Cl)c(Cl)c1)C(=O)c1cc(C(F)(F)F)cc(C(F)(F)F)c1. The van der Waals surface area contributed by atoms with E-state index in [0.717, 1.165) is 42.1 Å². The summed E-state index contributed by atoms with van der Waals surface area (Å²) in [7, 11) is 1.41. The molecule has 11 heteroatoms. The number of rotatable bonds is 8. The van der Waals surface area contributed by atoms with Crippen LogP contribution in [-0.4, -0.2) is 55.1 Å². The fraction of sp³-hybridized carbons (Fsp3) is 0.594. The number of halogens is 8. The zero-order valence-electron chi connectivity index (χ0n) is 24.1. The highest BCUT2D eigenvalue weighted by Gasteiger charge is 2.58. The molecule has 0 aromatic heterocycles. The number of carbonyl (C=O) groups excluding carboxylic acids is 1. The topological polar surface area (TPSA) is 20.3 Å². The third kappa shape index (κ3) is 6.99. The molecule has 3 nitrogen and oxygen atoms in total. The predicted octanol–water partition coefficient (Wildman–Crippen LogP) is 9.47. The highest BCUT2D eigenvalue weighted by molar-refractivity contribution is 6.42. The van der Waals surface area contributed by atoms with Crippen molar-refractivity contribution in [3.05, 3.63) is 68.7 Å². The van der Waals surface area contributed by atoms with Crippen LogP contribution in [0.1, 0.15) is 84.3 Å². The Morgan fingerprint density at radius 3 is 2.09 bits per heavy atom. The normalized spacial score (nSPS) is 25.2. The Kier molecular flexibility index (Phi) is 9.11. The average molecular weight is 651 g/mol. The number of fused-ring (bicyclic) bond motifs is 2. The fourth-order valence-electron chi connectivity index (χ4n) is 7.97. The van der Waals surface area contributed by atoms with E-state index in [-0.39, 0.29) is 18.5 Å². The van der Waals surface area contributed by atoms with Crippen LogP contribution < -0.4 is 0 Å². The first-order chi connectivity index (χ1) is 20.1. The summed E-state index contributed by atoms with van der Waals surface area (Å²) >= 11 is 12.5. The number of piperidine rings is 1. The van der Waals surface area contributed by atoms with Crippen molar-refractivity contribution < 1.29 is 35.6 Å². The minimum absolute atomic E-state index is 0.0308. The molecular weight excluding hydrogens is 613 g/mol. The lowest BCUT2D eigenvalue weighted by molar-refractivity contribution is -0.909. The van der Waals surface area contributed by atoms with E-state index in [1.165, 1.54) is 56.9 Å². The van der Waals surface area contributed by atoms with E-state index in [1.807, 2.05) is 6.07 Å². The molecule has 43 heavy (non-hydrogen) atoms. The van der Waals surface area contributed by atoms with Crippen LogP contribution in [0.3, 0.4) is 0 Å². The standard InChI is InChI=1S/C32H37Cl2F6N2O/c1-41(29(43)23-15-25(31(35,36)37)18-26(16-23)32(38,39)40)19-22(21-7-8-27(33)28(34)17-21)9-12-42-13-10-30(20-42,11-14-42)24-5-3-2-4-6-24/h7-8,15-18,22,24H,2-6,9-14,19-20H2,1H3/q+1/t22-,30?,42?/m1/s1. The van der Waals surface area contributed by atoms with Gasteiger partial charge in [0.15, 0.2) is 0 Å². The average Bonchev–Trinajstić information content (AvgIpc) is 3.53. The van der Waals surface area contributed by atoms with Gasteiger partial charge in [0.25, 0.3) is 5.91 Å². The number of amides is 1. The Morgan fingerprint density at radius 2 is 1.53 bits per heavy atom. The second-order valence-electron chi connectivity index (χ2n) is 13.0. The van der Waals surface area contributed by atoms with Crippen molar-refractivity contribution in [1.29, 1.82) is 0 Å². The van der Waals surface area contributed by atoms with Gasteiger partial charge in [-0.3, -0.25) is 4.79 Å². The van der Waals surface area contributed by atoms with Crippen LogP contribution in [0, 0.1) is 11.3 Å². The number of hydrogen-bond acceptors (Lipinski definition) is 1. The molecule has 236 valence electrons. The summed E-state index contributed by atoms with van der Waals surface area (Å²) in [6, 6.07) is 6.23. The molecule has 1 saturated carbocycles. The van der Waals surface area contributed by atoms with Gasteiger partial charge in [-0.15, -0.1) is 0 Å². The molecule has 2 aliphatic heterocycles. The van der Waals surface area contributed by atoms with Crippen LogP contribution in [0.15, 0.2) is 36.4 Å². The Bertz CT molecular complexity index is 1300. The number of nitrogens with zero attached hydrogens (tertiary/aromatic N) is 2. The van der Waals surface area contributed by atoms with Crippen LogP contribution in [0.25, 0.3) is 0 Å². The van der Waals surface area contributed by atoms with Gasteiger partial charge < -0.3 is 9.38 Å². The molecule has 3 fully saturated rings.